The van der Waals surface area contributed by atoms with Gasteiger partial charge in [-0.1, -0.05) is 24.3 Å². The van der Waals surface area contributed by atoms with Crippen molar-refractivity contribution in [3.05, 3.63) is 67.3 Å². The zero-order valence-corrected chi connectivity index (χ0v) is 14.7. The molecular formula is C19H20O5S. The van der Waals surface area contributed by atoms with Gasteiger partial charge in [-0.3, -0.25) is 0 Å². The van der Waals surface area contributed by atoms with Gasteiger partial charge < -0.3 is 9.47 Å². The highest BCUT2D eigenvalue weighted by Crippen LogP contribution is 2.23. The summed E-state index contributed by atoms with van der Waals surface area (Å²) in [5, 5.41) is 0. The minimum Gasteiger partial charge on any atom is -0.425 e. The van der Waals surface area contributed by atoms with Crippen molar-refractivity contribution in [3.8, 4) is 5.75 Å². The monoisotopic (exact) mass is 360 g/mol. The van der Waals surface area contributed by atoms with E-state index in [1.807, 2.05) is 0 Å². The second-order valence-electron chi connectivity index (χ2n) is 5.30. The highest BCUT2D eigenvalue weighted by atomic mass is 32.2. The lowest BCUT2D eigenvalue weighted by atomic mass is 10.3. The van der Waals surface area contributed by atoms with Gasteiger partial charge in [-0.2, -0.15) is 0 Å². The number of benzene rings is 2. The number of hydrogen-bond donors (Lipinski definition) is 0. The summed E-state index contributed by atoms with van der Waals surface area (Å²) in [6, 6.07) is 13.9. The lowest BCUT2D eigenvalue weighted by Crippen LogP contribution is -2.26. The van der Waals surface area contributed by atoms with Gasteiger partial charge in [0.2, 0.25) is 9.84 Å². The van der Waals surface area contributed by atoms with Crippen LogP contribution in [-0.4, -0.2) is 27.1 Å². The fraction of sp³-hybridized carbons (Fsp3) is 0.211. The summed E-state index contributed by atoms with van der Waals surface area (Å²) in [4.78, 5) is 12.3. The molecule has 0 spiro atoms. The Hall–Kier alpha value is -2.44. The third-order valence-corrected chi connectivity index (χ3v) is 5.21. The summed E-state index contributed by atoms with van der Waals surface area (Å²) >= 11 is 0. The Labute approximate surface area is 147 Å². The van der Waals surface area contributed by atoms with Gasteiger partial charge in [0.05, 0.1) is 16.4 Å². The Morgan fingerprint density at radius 3 is 2.28 bits per heavy atom. The zero-order chi connectivity index (χ0) is 18.3. The number of rotatable bonds is 8. The van der Waals surface area contributed by atoms with E-state index in [0.29, 0.717) is 13.0 Å². The number of ether oxygens (including phenoxy) is 2. The van der Waals surface area contributed by atoms with Crippen molar-refractivity contribution in [1.82, 2.24) is 0 Å². The lowest BCUT2D eigenvalue weighted by Gasteiger charge is -2.12. The van der Waals surface area contributed by atoms with Gasteiger partial charge in [0.1, 0.15) is 5.75 Å². The van der Waals surface area contributed by atoms with Gasteiger partial charge in [-0.25, -0.2) is 13.2 Å². The third kappa shape index (κ3) is 5.01. The van der Waals surface area contributed by atoms with Crippen molar-refractivity contribution < 1.29 is 22.7 Å². The van der Waals surface area contributed by atoms with Crippen LogP contribution in [0.15, 0.2) is 77.0 Å². The molecule has 0 aromatic heterocycles. The molecule has 0 saturated heterocycles. The SMILES string of the molecule is C=CCCOC(C)C(=O)Oc1ccc(S(=O)(=O)c2ccccc2)cc1. The average molecular weight is 360 g/mol. The maximum absolute atomic E-state index is 12.5. The normalized spacial score (nSPS) is 12.4. The number of hydrogen-bond acceptors (Lipinski definition) is 5. The smallest absolute Gasteiger partial charge is 0.340 e. The number of esters is 1. The van der Waals surface area contributed by atoms with Crippen LogP contribution in [0.1, 0.15) is 13.3 Å². The quantitative estimate of drug-likeness (QED) is 0.312. The van der Waals surface area contributed by atoms with Crippen molar-refractivity contribution in [2.45, 2.75) is 29.2 Å². The van der Waals surface area contributed by atoms with Crippen LogP contribution in [0.4, 0.5) is 0 Å². The summed E-state index contributed by atoms with van der Waals surface area (Å²) in [6.07, 6.45) is 1.63. The minimum atomic E-state index is -3.59. The molecule has 132 valence electrons. The van der Waals surface area contributed by atoms with E-state index >= 15 is 0 Å². The fourth-order valence-corrected chi connectivity index (χ4v) is 3.30. The zero-order valence-electron chi connectivity index (χ0n) is 13.9. The standard InChI is InChI=1S/C19H20O5S/c1-3-4-14-23-15(2)19(20)24-16-10-12-18(13-11-16)25(21,22)17-8-6-5-7-9-17/h3,5-13,15H,1,4,14H2,2H3. The second-order valence-corrected chi connectivity index (χ2v) is 7.25. The van der Waals surface area contributed by atoms with E-state index in [4.69, 9.17) is 9.47 Å². The van der Waals surface area contributed by atoms with Crippen LogP contribution >= 0.6 is 0 Å². The molecule has 0 aliphatic rings. The van der Waals surface area contributed by atoms with Crippen LogP contribution in [0.3, 0.4) is 0 Å². The largest absolute Gasteiger partial charge is 0.425 e. The second kappa shape index (κ2) is 8.60. The Kier molecular flexibility index (Phi) is 6.50. The molecule has 25 heavy (non-hydrogen) atoms. The van der Waals surface area contributed by atoms with E-state index in [1.54, 1.807) is 31.2 Å². The first-order chi connectivity index (χ1) is 11.9. The molecule has 0 bridgehead atoms. The van der Waals surface area contributed by atoms with Crippen molar-refractivity contribution in [3.63, 3.8) is 0 Å². The Balaban J connectivity index is 2.05. The van der Waals surface area contributed by atoms with Gasteiger partial charge in [-0.15, -0.1) is 6.58 Å². The summed E-state index contributed by atoms with van der Waals surface area (Å²) in [6.45, 7) is 5.55. The van der Waals surface area contributed by atoms with E-state index in [1.165, 1.54) is 36.4 Å². The van der Waals surface area contributed by atoms with Gasteiger partial charge in [0.15, 0.2) is 6.10 Å². The van der Waals surface area contributed by atoms with Gasteiger partial charge in [-0.05, 0) is 49.7 Å². The maximum atomic E-state index is 12.5. The molecule has 0 heterocycles. The molecule has 6 heteroatoms. The van der Waals surface area contributed by atoms with Crippen LogP contribution in [0.5, 0.6) is 5.75 Å². The molecule has 0 radical (unpaired) electrons. The molecular weight excluding hydrogens is 340 g/mol. The minimum absolute atomic E-state index is 0.133. The number of carbonyl (C=O) groups excluding carboxylic acids is 1. The van der Waals surface area contributed by atoms with E-state index in [0.717, 1.165) is 0 Å². The van der Waals surface area contributed by atoms with E-state index in [2.05, 4.69) is 6.58 Å². The Bertz CT molecular complexity index is 811. The first-order valence-electron chi connectivity index (χ1n) is 7.79. The first kappa shape index (κ1) is 18.9. The number of carbonyl (C=O) groups is 1. The molecule has 2 rings (SSSR count). The molecule has 2 aromatic carbocycles. The van der Waals surface area contributed by atoms with Gasteiger partial charge in [0, 0.05) is 0 Å². The molecule has 0 saturated carbocycles. The predicted octanol–water partition coefficient (Wildman–Crippen LogP) is 3.41. The van der Waals surface area contributed by atoms with Crippen LogP contribution < -0.4 is 4.74 Å². The third-order valence-electron chi connectivity index (χ3n) is 3.43. The van der Waals surface area contributed by atoms with Crippen LogP contribution in [-0.2, 0) is 19.4 Å². The van der Waals surface area contributed by atoms with Crippen LogP contribution in [0.25, 0.3) is 0 Å². The van der Waals surface area contributed by atoms with E-state index < -0.39 is 21.9 Å². The van der Waals surface area contributed by atoms with Gasteiger partial charge in [0.25, 0.3) is 0 Å². The average Bonchev–Trinajstić information content (AvgIpc) is 2.63. The molecule has 0 aliphatic carbocycles. The first-order valence-corrected chi connectivity index (χ1v) is 9.28. The molecule has 0 fully saturated rings. The van der Waals surface area contributed by atoms with Crippen LogP contribution in [0, 0.1) is 0 Å². The molecule has 1 atom stereocenters. The fourth-order valence-electron chi connectivity index (χ4n) is 2.02. The maximum Gasteiger partial charge on any atom is 0.340 e. The molecule has 5 nitrogen and oxygen atoms in total. The Morgan fingerprint density at radius 2 is 1.68 bits per heavy atom. The topological polar surface area (TPSA) is 69.7 Å². The van der Waals surface area contributed by atoms with E-state index in [9.17, 15) is 13.2 Å². The molecule has 0 N–H and O–H groups in total. The summed E-state index contributed by atoms with van der Waals surface area (Å²) in [5.41, 5.74) is 0. The van der Waals surface area contributed by atoms with Gasteiger partial charge >= 0.3 is 5.97 Å². The van der Waals surface area contributed by atoms with Crippen molar-refractivity contribution >= 4 is 15.8 Å². The predicted molar refractivity (Wildman–Crippen MR) is 94.2 cm³/mol. The van der Waals surface area contributed by atoms with E-state index in [-0.39, 0.29) is 15.5 Å². The molecule has 0 aliphatic heterocycles. The summed E-state index contributed by atoms with van der Waals surface area (Å²) in [5.74, 6) is -0.279. The highest BCUT2D eigenvalue weighted by molar-refractivity contribution is 7.91. The summed E-state index contributed by atoms with van der Waals surface area (Å²) in [7, 11) is -3.59. The summed E-state index contributed by atoms with van der Waals surface area (Å²) < 4.78 is 35.5. The van der Waals surface area contributed by atoms with Crippen LogP contribution in [0.2, 0.25) is 0 Å². The van der Waals surface area contributed by atoms with Crippen molar-refractivity contribution in [2.75, 3.05) is 6.61 Å². The molecule has 2 aromatic rings. The highest BCUT2D eigenvalue weighted by Gasteiger charge is 2.19. The molecule has 0 amide bonds. The Morgan fingerprint density at radius 1 is 1.08 bits per heavy atom. The van der Waals surface area contributed by atoms with Crippen molar-refractivity contribution in [2.24, 2.45) is 0 Å². The molecule has 1 unspecified atom stereocenters. The van der Waals surface area contributed by atoms with Crippen molar-refractivity contribution in [1.29, 1.82) is 0 Å². The lowest BCUT2D eigenvalue weighted by molar-refractivity contribution is -0.146. The number of sulfone groups is 1.